The lowest BCUT2D eigenvalue weighted by atomic mass is 9.96. The normalized spacial score (nSPS) is 18.6. The zero-order valence-electron chi connectivity index (χ0n) is 12.6. The van der Waals surface area contributed by atoms with E-state index in [0.29, 0.717) is 37.4 Å². The molecule has 0 aliphatic carbocycles. The zero-order chi connectivity index (χ0) is 15.4. The van der Waals surface area contributed by atoms with Crippen molar-refractivity contribution in [2.24, 2.45) is 11.7 Å². The van der Waals surface area contributed by atoms with E-state index in [4.69, 9.17) is 5.73 Å². The van der Waals surface area contributed by atoms with Crippen LogP contribution in [-0.2, 0) is 4.79 Å². The van der Waals surface area contributed by atoms with E-state index in [9.17, 15) is 9.59 Å². The van der Waals surface area contributed by atoms with Gasteiger partial charge in [0.2, 0.25) is 5.91 Å². The van der Waals surface area contributed by atoms with Crippen LogP contribution in [0, 0.1) is 19.8 Å². The molecule has 116 valence electrons. The summed E-state index contributed by atoms with van der Waals surface area (Å²) in [5, 5.41) is 9.69. The Balaban J connectivity index is 2.04. The Kier molecular flexibility index (Phi) is 4.95. The molecule has 1 aliphatic heterocycles. The number of H-pyrrole nitrogens is 1. The molecule has 1 fully saturated rings. The molecule has 2 heterocycles. The number of hydrogen-bond acceptors (Lipinski definition) is 4. The predicted molar refractivity (Wildman–Crippen MR) is 78.8 cm³/mol. The first kappa shape index (κ1) is 15.5. The Bertz CT molecular complexity index is 506. The maximum atomic E-state index is 12.6. The number of rotatable bonds is 4. The van der Waals surface area contributed by atoms with E-state index in [0.717, 1.165) is 18.5 Å². The van der Waals surface area contributed by atoms with Crippen molar-refractivity contribution in [3.05, 3.63) is 17.0 Å². The molecule has 0 bridgehead atoms. The summed E-state index contributed by atoms with van der Waals surface area (Å²) in [5.41, 5.74) is 7.48. The number of aromatic nitrogens is 2. The second kappa shape index (κ2) is 6.71. The summed E-state index contributed by atoms with van der Waals surface area (Å²) in [6, 6.07) is 0. The second-order valence-corrected chi connectivity index (χ2v) is 5.48. The molecule has 1 saturated heterocycles. The quantitative estimate of drug-likeness (QED) is 0.724. The largest absolute Gasteiger partial charge is 0.355 e. The van der Waals surface area contributed by atoms with Gasteiger partial charge in [-0.1, -0.05) is 0 Å². The van der Waals surface area contributed by atoms with Gasteiger partial charge in [-0.2, -0.15) is 5.10 Å². The SMILES string of the molecule is Cc1n[nH]c(C)c1C(=O)N1CCCC(C(=O)NCCN)C1. The zero-order valence-corrected chi connectivity index (χ0v) is 12.6. The fourth-order valence-corrected chi connectivity index (χ4v) is 2.74. The van der Waals surface area contributed by atoms with E-state index < -0.39 is 0 Å². The van der Waals surface area contributed by atoms with Crippen LogP contribution in [0.2, 0.25) is 0 Å². The van der Waals surface area contributed by atoms with Gasteiger partial charge in [0.15, 0.2) is 0 Å². The van der Waals surface area contributed by atoms with Crippen molar-refractivity contribution in [2.75, 3.05) is 26.2 Å². The fraction of sp³-hybridized carbons (Fsp3) is 0.643. The van der Waals surface area contributed by atoms with Crippen molar-refractivity contribution in [2.45, 2.75) is 26.7 Å². The van der Waals surface area contributed by atoms with Gasteiger partial charge in [-0.3, -0.25) is 14.7 Å². The first-order chi connectivity index (χ1) is 10.0. The van der Waals surface area contributed by atoms with Crippen molar-refractivity contribution >= 4 is 11.8 Å². The van der Waals surface area contributed by atoms with Crippen LogP contribution in [-0.4, -0.2) is 53.1 Å². The number of amides is 2. The van der Waals surface area contributed by atoms with Crippen LogP contribution < -0.4 is 11.1 Å². The number of nitrogens with one attached hydrogen (secondary N) is 2. The molecule has 4 N–H and O–H groups in total. The highest BCUT2D eigenvalue weighted by Gasteiger charge is 2.30. The predicted octanol–water partition coefficient (Wildman–Crippen LogP) is -0.0464. The third kappa shape index (κ3) is 3.41. The smallest absolute Gasteiger partial charge is 0.257 e. The van der Waals surface area contributed by atoms with E-state index in [1.807, 2.05) is 13.8 Å². The lowest BCUT2D eigenvalue weighted by Gasteiger charge is -2.32. The van der Waals surface area contributed by atoms with Crippen LogP contribution in [0.3, 0.4) is 0 Å². The Morgan fingerprint density at radius 3 is 2.86 bits per heavy atom. The van der Waals surface area contributed by atoms with Crippen LogP contribution >= 0.6 is 0 Å². The molecule has 1 unspecified atom stereocenters. The fourth-order valence-electron chi connectivity index (χ4n) is 2.74. The van der Waals surface area contributed by atoms with Gasteiger partial charge in [0.25, 0.3) is 5.91 Å². The van der Waals surface area contributed by atoms with E-state index in [1.54, 1.807) is 4.90 Å². The number of nitrogens with two attached hydrogens (primary N) is 1. The minimum absolute atomic E-state index is 0.0152. The Labute approximate surface area is 124 Å². The van der Waals surface area contributed by atoms with Gasteiger partial charge < -0.3 is 16.0 Å². The number of carbonyl (C=O) groups is 2. The average Bonchev–Trinajstić information content (AvgIpc) is 2.83. The highest BCUT2D eigenvalue weighted by Crippen LogP contribution is 2.20. The standard InChI is InChI=1S/C14H23N5O2/c1-9-12(10(2)18-17-9)14(21)19-7-3-4-11(8-19)13(20)16-6-5-15/h11H,3-8,15H2,1-2H3,(H,16,20)(H,17,18). The van der Waals surface area contributed by atoms with Crippen molar-refractivity contribution in [3.8, 4) is 0 Å². The summed E-state index contributed by atoms with van der Waals surface area (Å²) in [5.74, 6) is -0.213. The number of aromatic amines is 1. The minimum Gasteiger partial charge on any atom is -0.355 e. The first-order valence-electron chi connectivity index (χ1n) is 7.33. The Morgan fingerprint density at radius 2 is 2.24 bits per heavy atom. The third-order valence-corrected chi connectivity index (χ3v) is 3.86. The van der Waals surface area contributed by atoms with Crippen LogP contribution in [0.5, 0.6) is 0 Å². The maximum Gasteiger partial charge on any atom is 0.257 e. The van der Waals surface area contributed by atoms with Gasteiger partial charge in [0.05, 0.1) is 17.2 Å². The molecule has 0 radical (unpaired) electrons. The van der Waals surface area contributed by atoms with E-state index in [1.165, 1.54) is 0 Å². The van der Waals surface area contributed by atoms with Gasteiger partial charge >= 0.3 is 0 Å². The molecular weight excluding hydrogens is 270 g/mol. The second-order valence-electron chi connectivity index (χ2n) is 5.48. The molecule has 1 atom stereocenters. The number of piperidine rings is 1. The number of likely N-dealkylation sites (tertiary alicyclic amines) is 1. The van der Waals surface area contributed by atoms with Crippen LogP contribution in [0.1, 0.15) is 34.6 Å². The highest BCUT2D eigenvalue weighted by atomic mass is 16.2. The third-order valence-electron chi connectivity index (χ3n) is 3.86. The van der Waals surface area contributed by atoms with Crippen LogP contribution in [0.25, 0.3) is 0 Å². The molecule has 7 heteroatoms. The molecule has 1 aromatic rings. The molecule has 2 rings (SSSR count). The van der Waals surface area contributed by atoms with Crippen LogP contribution in [0.4, 0.5) is 0 Å². The van der Waals surface area contributed by atoms with Crippen molar-refractivity contribution in [3.63, 3.8) is 0 Å². The van der Waals surface area contributed by atoms with Gasteiger partial charge in [-0.15, -0.1) is 0 Å². The van der Waals surface area contributed by atoms with Crippen LogP contribution in [0.15, 0.2) is 0 Å². The Morgan fingerprint density at radius 1 is 1.48 bits per heavy atom. The van der Waals surface area contributed by atoms with Gasteiger partial charge in [0, 0.05) is 31.9 Å². The van der Waals surface area contributed by atoms with Gasteiger partial charge in [-0.05, 0) is 26.7 Å². The minimum atomic E-state index is -0.151. The molecule has 1 aliphatic rings. The van der Waals surface area contributed by atoms with E-state index in [2.05, 4.69) is 15.5 Å². The number of hydrogen-bond donors (Lipinski definition) is 3. The number of aryl methyl sites for hydroxylation is 2. The topological polar surface area (TPSA) is 104 Å². The summed E-state index contributed by atoms with van der Waals surface area (Å²) in [6.45, 7) is 5.69. The average molecular weight is 293 g/mol. The lowest BCUT2D eigenvalue weighted by molar-refractivity contribution is -0.126. The molecule has 0 aromatic carbocycles. The summed E-state index contributed by atoms with van der Waals surface area (Å²) in [4.78, 5) is 26.4. The molecule has 1 aromatic heterocycles. The summed E-state index contributed by atoms with van der Waals surface area (Å²) in [7, 11) is 0. The van der Waals surface area contributed by atoms with Crippen molar-refractivity contribution in [1.82, 2.24) is 20.4 Å². The maximum absolute atomic E-state index is 12.6. The lowest BCUT2D eigenvalue weighted by Crippen LogP contribution is -2.46. The summed E-state index contributed by atoms with van der Waals surface area (Å²) in [6.07, 6.45) is 1.64. The molecule has 7 nitrogen and oxygen atoms in total. The van der Waals surface area contributed by atoms with Crippen molar-refractivity contribution in [1.29, 1.82) is 0 Å². The summed E-state index contributed by atoms with van der Waals surface area (Å²) < 4.78 is 0. The van der Waals surface area contributed by atoms with E-state index >= 15 is 0 Å². The molecular formula is C14H23N5O2. The van der Waals surface area contributed by atoms with E-state index in [-0.39, 0.29) is 17.7 Å². The molecule has 0 spiro atoms. The van der Waals surface area contributed by atoms with Gasteiger partial charge in [0.1, 0.15) is 0 Å². The highest BCUT2D eigenvalue weighted by molar-refractivity contribution is 5.96. The van der Waals surface area contributed by atoms with Gasteiger partial charge in [-0.25, -0.2) is 0 Å². The van der Waals surface area contributed by atoms with Crippen molar-refractivity contribution < 1.29 is 9.59 Å². The summed E-state index contributed by atoms with van der Waals surface area (Å²) >= 11 is 0. The number of carbonyl (C=O) groups excluding carboxylic acids is 2. The first-order valence-corrected chi connectivity index (χ1v) is 7.33. The molecule has 2 amide bonds. The molecule has 0 saturated carbocycles. The Hall–Kier alpha value is -1.89. The molecule has 21 heavy (non-hydrogen) atoms. The monoisotopic (exact) mass is 293 g/mol. The number of nitrogens with zero attached hydrogens (tertiary/aromatic N) is 2.